The van der Waals surface area contributed by atoms with Crippen LogP contribution in [-0.2, 0) is 6.42 Å². The van der Waals surface area contributed by atoms with Gasteiger partial charge >= 0.3 is 0 Å². The Morgan fingerprint density at radius 2 is 1.52 bits per heavy atom. The van der Waals surface area contributed by atoms with Gasteiger partial charge in [-0.1, -0.05) is 60.7 Å². The van der Waals surface area contributed by atoms with E-state index in [4.69, 9.17) is 0 Å². The van der Waals surface area contributed by atoms with Crippen LogP contribution in [0.15, 0.2) is 78.9 Å². The molecule has 4 rings (SSSR count). The van der Waals surface area contributed by atoms with Gasteiger partial charge in [0.1, 0.15) is 0 Å². The van der Waals surface area contributed by atoms with Crippen molar-refractivity contribution in [1.82, 2.24) is 4.98 Å². The van der Waals surface area contributed by atoms with Crippen molar-refractivity contribution >= 4 is 16.6 Å². The van der Waals surface area contributed by atoms with Crippen LogP contribution in [0.2, 0.25) is 0 Å². The molecule has 0 spiro atoms. The molecule has 25 heavy (non-hydrogen) atoms. The lowest BCUT2D eigenvalue weighted by Gasteiger charge is -2.06. The Labute approximate surface area is 144 Å². The van der Waals surface area contributed by atoms with E-state index in [0.29, 0.717) is 6.42 Å². The quantitative estimate of drug-likeness (QED) is 0.406. The number of aromatic nitrogens is 1. The Kier molecular flexibility index (Phi) is 3.78. The summed E-state index contributed by atoms with van der Waals surface area (Å²) in [4.78, 5) is 14.0. The zero-order valence-electron chi connectivity index (χ0n) is 13.5. The fourth-order valence-corrected chi connectivity index (χ4v) is 3.17. The molecule has 0 fully saturated rings. The Morgan fingerprint density at radius 3 is 2.24 bits per heavy atom. The van der Waals surface area contributed by atoms with Crippen LogP contribution < -0.4 is 0 Å². The Bertz CT molecular complexity index is 1030. The first kappa shape index (κ1) is 15.1. The van der Waals surface area contributed by atoms with Gasteiger partial charge in [0.05, 0.1) is 10.6 Å². The molecule has 122 valence electrons. The first-order valence-electron chi connectivity index (χ1n) is 8.11. The first-order valence-corrected chi connectivity index (χ1v) is 8.11. The number of H-pyrrole nitrogens is 1. The topological polar surface area (TPSA) is 58.9 Å². The predicted molar refractivity (Wildman–Crippen MR) is 99.6 cm³/mol. The number of hydrogen-bond donors (Lipinski definition) is 1. The number of para-hydroxylation sites is 1. The molecule has 1 N–H and O–H groups in total. The minimum Gasteiger partial charge on any atom is -0.354 e. The zero-order chi connectivity index (χ0) is 17.2. The molecule has 0 aliphatic rings. The molecular formula is C21H16N2O2. The monoisotopic (exact) mass is 328 g/mol. The van der Waals surface area contributed by atoms with Gasteiger partial charge in [-0.3, -0.25) is 10.1 Å². The molecule has 3 aromatic carbocycles. The molecule has 0 radical (unpaired) electrons. The molecule has 0 bridgehead atoms. The van der Waals surface area contributed by atoms with Gasteiger partial charge in [0.15, 0.2) is 0 Å². The second-order valence-corrected chi connectivity index (χ2v) is 5.99. The summed E-state index contributed by atoms with van der Waals surface area (Å²) in [6.45, 7) is 0. The number of nitrogens with one attached hydrogen (secondary N) is 1. The van der Waals surface area contributed by atoms with Crippen LogP contribution in [0, 0.1) is 10.1 Å². The molecule has 0 saturated carbocycles. The van der Waals surface area contributed by atoms with Crippen molar-refractivity contribution < 1.29 is 4.92 Å². The summed E-state index contributed by atoms with van der Waals surface area (Å²) in [6.07, 6.45) is 0.715. The Morgan fingerprint density at radius 1 is 0.840 bits per heavy atom. The van der Waals surface area contributed by atoms with Gasteiger partial charge in [-0.15, -0.1) is 0 Å². The van der Waals surface area contributed by atoms with Crippen LogP contribution in [0.3, 0.4) is 0 Å². The molecule has 0 aliphatic heterocycles. The molecule has 4 nitrogen and oxygen atoms in total. The minimum atomic E-state index is -0.370. The molecule has 4 aromatic rings. The average molecular weight is 328 g/mol. The number of nitro benzene ring substituents is 1. The maximum absolute atomic E-state index is 10.8. The van der Waals surface area contributed by atoms with E-state index in [1.165, 1.54) is 10.9 Å². The number of fused-ring (bicyclic) bond motifs is 1. The van der Waals surface area contributed by atoms with E-state index < -0.39 is 0 Å². The van der Waals surface area contributed by atoms with Crippen molar-refractivity contribution in [2.45, 2.75) is 6.42 Å². The van der Waals surface area contributed by atoms with E-state index in [1.807, 2.05) is 42.5 Å². The highest BCUT2D eigenvalue weighted by molar-refractivity contribution is 5.91. The highest BCUT2D eigenvalue weighted by Crippen LogP contribution is 2.32. The fourth-order valence-electron chi connectivity index (χ4n) is 3.17. The summed E-state index contributed by atoms with van der Waals surface area (Å²) in [6, 6.07) is 25.2. The van der Waals surface area contributed by atoms with E-state index in [-0.39, 0.29) is 10.6 Å². The highest BCUT2D eigenvalue weighted by Gasteiger charge is 2.14. The third kappa shape index (κ3) is 2.90. The van der Waals surface area contributed by atoms with Gasteiger partial charge in [-0.2, -0.15) is 0 Å². The molecule has 0 amide bonds. The van der Waals surface area contributed by atoms with Gasteiger partial charge in [0, 0.05) is 29.5 Å². The lowest BCUT2D eigenvalue weighted by Crippen LogP contribution is -1.92. The van der Waals surface area contributed by atoms with Crippen molar-refractivity contribution in [3.05, 3.63) is 100 Å². The van der Waals surface area contributed by atoms with Crippen LogP contribution in [-0.4, -0.2) is 9.91 Å². The molecule has 0 saturated heterocycles. The Hall–Kier alpha value is -3.40. The zero-order valence-corrected chi connectivity index (χ0v) is 13.5. The van der Waals surface area contributed by atoms with Crippen LogP contribution in [0.1, 0.15) is 11.1 Å². The minimum absolute atomic E-state index is 0.117. The number of benzene rings is 3. The molecule has 0 unspecified atom stereocenters. The normalized spacial score (nSPS) is 10.9. The lowest BCUT2D eigenvalue weighted by atomic mass is 9.98. The van der Waals surface area contributed by atoms with Crippen molar-refractivity contribution in [2.24, 2.45) is 0 Å². The van der Waals surface area contributed by atoms with Gasteiger partial charge < -0.3 is 4.98 Å². The standard InChI is InChI=1S/C21H16N2O2/c24-23(25)17-12-10-15(11-13-17)14-19-18-8-4-5-9-20(18)22-21(19)16-6-2-1-3-7-16/h1-13,22H,14H2. The predicted octanol–water partition coefficient (Wildman–Crippen LogP) is 5.33. The maximum atomic E-state index is 10.8. The summed E-state index contributed by atoms with van der Waals surface area (Å²) in [7, 11) is 0. The molecular weight excluding hydrogens is 312 g/mol. The summed E-state index contributed by atoms with van der Waals surface area (Å²) >= 11 is 0. The van der Waals surface area contributed by atoms with Crippen LogP contribution >= 0.6 is 0 Å². The molecule has 0 aliphatic carbocycles. The van der Waals surface area contributed by atoms with Gasteiger partial charge in [0.25, 0.3) is 5.69 Å². The van der Waals surface area contributed by atoms with E-state index in [0.717, 1.165) is 22.3 Å². The van der Waals surface area contributed by atoms with Crippen molar-refractivity contribution in [3.8, 4) is 11.3 Å². The highest BCUT2D eigenvalue weighted by atomic mass is 16.6. The van der Waals surface area contributed by atoms with Gasteiger partial charge in [-0.25, -0.2) is 0 Å². The number of aromatic amines is 1. The van der Waals surface area contributed by atoms with E-state index >= 15 is 0 Å². The summed E-state index contributed by atoms with van der Waals surface area (Å²) in [5.41, 5.74) is 5.70. The lowest BCUT2D eigenvalue weighted by molar-refractivity contribution is -0.384. The van der Waals surface area contributed by atoms with Crippen LogP contribution in [0.4, 0.5) is 5.69 Å². The molecule has 1 aromatic heterocycles. The number of hydrogen-bond acceptors (Lipinski definition) is 2. The van der Waals surface area contributed by atoms with Crippen molar-refractivity contribution in [1.29, 1.82) is 0 Å². The SMILES string of the molecule is O=[N+]([O-])c1ccc(Cc2c(-c3ccccc3)[nH]c3ccccc23)cc1. The van der Waals surface area contributed by atoms with Crippen LogP contribution in [0.5, 0.6) is 0 Å². The van der Waals surface area contributed by atoms with Crippen molar-refractivity contribution in [3.63, 3.8) is 0 Å². The number of nitro groups is 1. The number of nitrogens with zero attached hydrogens (tertiary/aromatic N) is 1. The van der Waals surface area contributed by atoms with Gasteiger partial charge in [-0.05, 0) is 22.8 Å². The largest absolute Gasteiger partial charge is 0.354 e. The third-order valence-corrected chi connectivity index (χ3v) is 4.40. The van der Waals surface area contributed by atoms with Crippen LogP contribution in [0.25, 0.3) is 22.2 Å². The Balaban J connectivity index is 1.81. The second-order valence-electron chi connectivity index (χ2n) is 5.99. The average Bonchev–Trinajstić information content (AvgIpc) is 3.02. The smallest absolute Gasteiger partial charge is 0.269 e. The summed E-state index contributed by atoms with van der Waals surface area (Å²) in [5, 5.41) is 12.0. The molecule has 1 heterocycles. The van der Waals surface area contributed by atoms with Crippen molar-refractivity contribution in [2.75, 3.05) is 0 Å². The van der Waals surface area contributed by atoms with E-state index in [1.54, 1.807) is 12.1 Å². The molecule has 0 atom stereocenters. The number of non-ortho nitro benzene ring substituents is 1. The van der Waals surface area contributed by atoms with E-state index in [9.17, 15) is 10.1 Å². The fraction of sp³-hybridized carbons (Fsp3) is 0.0476. The summed E-state index contributed by atoms with van der Waals surface area (Å²) in [5.74, 6) is 0. The summed E-state index contributed by atoms with van der Waals surface area (Å²) < 4.78 is 0. The second kappa shape index (κ2) is 6.24. The first-order chi connectivity index (χ1) is 12.2. The maximum Gasteiger partial charge on any atom is 0.269 e. The van der Waals surface area contributed by atoms with Gasteiger partial charge in [0.2, 0.25) is 0 Å². The third-order valence-electron chi connectivity index (χ3n) is 4.40. The molecule has 4 heteroatoms. The van der Waals surface area contributed by atoms with E-state index in [2.05, 4.69) is 29.2 Å². The number of rotatable bonds is 4.